The number of halogens is 3. The summed E-state index contributed by atoms with van der Waals surface area (Å²) in [5.41, 5.74) is 0.757. The highest BCUT2D eigenvalue weighted by Gasteiger charge is 2.43. The zero-order valence-corrected chi connectivity index (χ0v) is 10.7. The first-order valence-electron chi connectivity index (χ1n) is 6.02. The highest BCUT2D eigenvalue weighted by Crippen LogP contribution is 2.30. The van der Waals surface area contributed by atoms with E-state index in [0.29, 0.717) is 18.1 Å². The van der Waals surface area contributed by atoms with Gasteiger partial charge < -0.3 is 9.47 Å². The molecule has 4 nitrogen and oxygen atoms in total. The second-order valence-corrected chi connectivity index (χ2v) is 4.58. The summed E-state index contributed by atoms with van der Waals surface area (Å²) in [7, 11) is 0. The molecule has 0 unspecified atom stereocenters. The van der Waals surface area contributed by atoms with Gasteiger partial charge in [-0.2, -0.15) is 18.2 Å². The molecule has 0 radical (unpaired) electrons. The second kappa shape index (κ2) is 5.32. The van der Waals surface area contributed by atoms with Crippen LogP contribution in [0.4, 0.5) is 13.2 Å². The Morgan fingerprint density at radius 3 is 2.53 bits per heavy atom. The Hall–Kier alpha value is -1.37. The lowest BCUT2D eigenvalue weighted by Crippen LogP contribution is -2.41. The molecule has 0 saturated carbocycles. The molecule has 1 fully saturated rings. The molecule has 2 atom stereocenters. The fourth-order valence-corrected chi connectivity index (χ4v) is 1.99. The quantitative estimate of drug-likeness (QED) is 0.832. The summed E-state index contributed by atoms with van der Waals surface area (Å²) >= 11 is 0. The minimum absolute atomic E-state index is 0.0771. The molecule has 1 aliphatic heterocycles. The number of nitrogens with zero attached hydrogens (tertiary/aromatic N) is 2. The summed E-state index contributed by atoms with van der Waals surface area (Å²) in [4.78, 5) is 8.19. The molecule has 19 heavy (non-hydrogen) atoms. The normalized spacial score (nSPS) is 24.3. The molecule has 7 heteroatoms. The molecule has 0 aromatic carbocycles. The SMILES string of the molecule is Cc1cc(O[C@H]2CC[C@H](C(F)(F)F)OC2)nc(C)n1. The van der Waals surface area contributed by atoms with Crippen molar-refractivity contribution in [2.75, 3.05) is 6.61 Å². The maximum absolute atomic E-state index is 12.4. The molecular weight excluding hydrogens is 261 g/mol. The van der Waals surface area contributed by atoms with Crippen molar-refractivity contribution < 1.29 is 22.6 Å². The van der Waals surface area contributed by atoms with Crippen molar-refractivity contribution in [2.24, 2.45) is 0 Å². The smallest absolute Gasteiger partial charge is 0.414 e. The van der Waals surface area contributed by atoms with E-state index in [9.17, 15) is 13.2 Å². The lowest BCUT2D eigenvalue weighted by atomic mass is 10.1. The van der Waals surface area contributed by atoms with Gasteiger partial charge in [0.1, 0.15) is 11.9 Å². The fraction of sp³-hybridized carbons (Fsp3) is 0.667. The van der Waals surface area contributed by atoms with E-state index in [1.165, 1.54) is 0 Å². The minimum Gasteiger partial charge on any atom is -0.472 e. The van der Waals surface area contributed by atoms with Crippen LogP contribution in [-0.2, 0) is 4.74 Å². The Balaban J connectivity index is 1.92. The van der Waals surface area contributed by atoms with Crippen molar-refractivity contribution in [3.8, 4) is 5.88 Å². The van der Waals surface area contributed by atoms with Gasteiger partial charge in [-0.25, -0.2) is 4.98 Å². The molecule has 106 valence electrons. The number of rotatable bonds is 2. The van der Waals surface area contributed by atoms with Crippen molar-refractivity contribution in [3.63, 3.8) is 0 Å². The van der Waals surface area contributed by atoms with E-state index in [0.717, 1.165) is 5.69 Å². The molecule has 1 saturated heterocycles. The number of aromatic nitrogens is 2. The average Bonchev–Trinajstić information content (AvgIpc) is 2.26. The first kappa shape index (κ1) is 14.0. The fourth-order valence-electron chi connectivity index (χ4n) is 1.99. The number of hydrogen-bond acceptors (Lipinski definition) is 4. The van der Waals surface area contributed by atoms with E-state index in [4.69, 9.17) is 9.47 Å². The highest BCUT2D eigenvalue weighted by molar-refractivity contribution is 5.15. The Morgan fingerprint density at radius 2 is 2.00 bits per heavy atom. The second-order valence-electron chi connectivity index (χ2n) is 4.58. The summed E-state index contributed by atoms with van der Waals surface area (Å²) in [6, 6.07) is 1.66. The maximum Gasteiger partial charge on any atom is 0.414 e. The van der Waals surface area contributed by atoms with Crippen LogP contribution in [0.3, 0.4) is 0 Å². The standard InChI is InChI=1S/C12H15F3N2O2/c1-7-5-11(17-8(2)16-7)19-9-3-4-10(18-6-9)12(13,14)15/h5,9-10H,3-4,6H2,1-2H3/t9-,10+/m0/s1. The highest BCUT2D eigenvalue weighted by atomic mass is 19.4. The lowest BCUT2D eigenvalue weighted by molar-refractivity contribution is -0.238. The van der Waals surface area contributed by atoms with Gasteiger partial charge in [0.25, 0.3) is 0 Å². The largest absolute Gasteiger partial charge is 0.472 e. The van der Waals surface area contributed by atoms with Gasteiger partial charge in [0, 0.05) is 11.8 Å². The maximum atomic E-state index is 12.4. The third kappa shape index (κ3) is 3.79. The van der Waals surface area contributed by atoms with Gasteiger partial charge in [-0.05, 0) is 26.7 Å². The molecule has 2 heterocycles. The Kier molecular flexibility index (Phi) is 3.93. The number of ether oxygens (including phenoxy) is 2. The van der Waals surface area contributed by atoms with E-state index in [-0.39, 0.29) is 13.0 Å². The predicted octanol–water partition coefficient (Wildman–Crippen LogP) is 2.58. The van der Waals surface area contributed by atoms with Crippen molar-refractivity contribution in [2.45, 2.75) is 45.1 Å². The monoisotopic (exact) mass is 276 g/mol. The molecule has 1 aliphatic rings. The van der Waals surface area contributed by atoms with E-state index in [2.05, 4.69) is 9.97 Å². The molecule has 0 spiro atoms. The van der Waals surface area contributed by atoms with Crippen LogP contribution in [-0.4, -0.2) is 35.0 Å². The molecule has 1 aromatic rings. The molecular formula is C12H15F3N2O2. The van der Waals surface area contributed by atoms with Crippen LogP contribution < -0.4 is 4.74 Å². The van der Waals surface area contributed by atoms with Gasteiger partial charge in [-0.1, -0.05) is 0 Å². The third-order valence-electron chi connectivity index (χ3n) is 2.83. The van der Waals surface area contributed by atoms with Crippen LogP contribution in [0.2, 0.25) is 0 Å². The minimum atomic E-state index is -4.30. The average molecular weight is 276 g/mol. The topological polar surface area (TPSA) is 44.2 Å². The number of hydrogen-bond donors (Lipinski definition) is 0. The molecule has 0 N–H and O–H groups in total. The van der Waals surface area contributed by atoms with Crippen LogP contribution in [0, 0.1) is 13.8 Å². The first-order chi connectivity index (χ1) is 8.84. The van der Waals surface area contributed by atoms with Crippen LogP contribution in [0.25, 0.3) is 0 Å². The Bertz CT molecular complexity index is 423. The van der Waals surface area contributed by atoms with Crippen LogP contribution in [0.15, 0.2) is 6.07 Å². The Labute approximate surface area is 109 Å². The molecule has 0 aliphatic carbocycles. The molecule has 2 rings (SSSR count). The summed E-state index contributed by atoms with van der Waals surface area (Å²) in [6.07, 6.45) is -6.16. The van der Waals surface area contributed by atoms with Gasteiger partial charge in [0.15, 0.2) is 6.10 Å². The predicted molar refractivity (Wildman–Crippen MR) is 61.0 cm³/mol. The van der Waals surface area contributed by atoms with E-state index >= 15 is 0 Å². The van der Waals surface area contributed by atoms with Crippen molar-refractivity contribution >= 4 is 0 Å². The summed E-state index contributed by atoms with van der Waals surface area (Å²) in [6.45, 7) is 3.46. The van der Waals surface area contributed by atoms with Gasteiger partial charge >= 0.3 is 6.18 Å². The van der Waals surface area contributed by atoms with Gasteiger partial charge in [0.2, 0.25) is 5.88 Å². The van der Waals surface area contributed by atoms with Gasteiger partial charge in [0.05, 0.1) is 6.61 Å². The number of alkyl halides is 3. The van der Waals surface area contributed by atoms with Crippen LogP contribution in [0.5, 0.6) is 5.88 Å². The molecule has 0 bridgehead atoms. The summed E-state index contributed by atoms with van der Waals surface area (Å²) in [5.74, 6) is 0.948. The van der Waals surface area contributed by atoms with Crippen molar-refractivity contribution in [1.29, 1.82) is 0 Å². The van der Waals surface area contributed by atoms with Crippen molar-refractivity contribution in [3.05, 3.63) is 17.6 Å². The van der Waals surface area contributed by atoms with Gasteiger partial charge in [-0.15, -0.1) is 0 Å². The first-order valence-corrected chi connectivity index (χ1v) is 6.02. The molecule has 1 aromatic heterocycles. The third-order valence-corrected chi connectivity index (χ3v) is 2.83. The van der Waals surface area contributed by atoms with E-state index in [1.807, 2.05) is 0 Å². The lowest BCUT2D eigenvalue weighted by Gasteiger charge is -2.30. The van der Waals surface area contributed by atoms with E-state index in [1.54, 1.807) is 19.9 Å². The molecule has 0 amide bonds. The zero-order chi connectivity index (χ0) is 14.0. The van der Waals surface area contributed by atoms with Crippen LogP contribution in [0.1, 0.15) is 24.4 Å². The Morgan fingerprint density at radius 1 is 1.26 bits per heavy atom. The number of aryl methyl sites for hydroxylation is 2. The zero-order valence-electron chi connectivity index (χ0n) is 10.7. The van der Waals surface area contributed by atoms with Crippen molar-refractivity contribution in [1.82, 2.24) is 9.97 Å². The van der Waals surface area contributed by atoms with E-state index < -0.39 is 18.4 Å². The van der Waals surface area contributed by atoms with Crippen LogP contribution >= 0.6 is 0 Å². The summed E-state index contributed by atoms with van der Waals surface area (Å²) < 4.78 is 47.6. The summed E-state index contributed by atoms with van der Waals surface area (Å²) in [5, 5.41) is 0. The van der Waals surface area contributed by atoms with Gasteiger partial charge in [-0.3, -0.25) is 0 Å².